The molecule has 0 aromatic heterocycles. The van der Waals surface area contributed by atoms with Crippen molar-refractivity contribution in [2.24, 2.45) is 5.73 Å². The minimum atomic E-state index is -3.64. The van der Waals surface area contributed by atoms with Gasteiger partial charge in [0.25, 0.3) is 5.91 Å². The molecule has 1 aliphatic carbocycles. The van der Waals surface area contributed by atoms with Gasteiger partial charge in [-0.05, 0) is 49.8 Å². The summed E-state index contributed by atoms with van der Waals surface area (Å²) in [6, 6.07) is 5.29. The zero-order chi connectivity index (χ0) is 19.4. The van der Waals surface area contributed by atoms with Crippen LogP contribution in [0.1, 0.15) is 48.5 Å². The van der Waals surface area contributed by atoms with E-state index in [1.807, 2.05) is 6.92 Å². The molecule has 3 rings (SSSR count). The quantitative estimate of drug-likeness (QED) is 0.738. The van der Waals surface area contributed by atoms with Crippen molar-refractivity contribution in [1.82, 2.24) is 9.62 Å². The van der Waals surface area contributed by atoms with E-state index < -0.39 is 10.0 Å². The lowest BCUT2D eigenvalue weighted by Crippen LogP contribution is -2.41. The fourth-order valence-electron chi connectivity index (χ4n) is 3.69. The summed E-state index contributed by atoms with van der Waals surface area (Å²) in [7, 11) is -3.64. The van der Waals surface area contributed by atoms with Crippen molar-refractivity contribution in [2.75, 3.05) is 26.3 Å². The Balaban J connectivity index is 0.00000280. The molecule has 1 aromatic carbocycles. The van der Waals surface area contributed by atoms with Crippen LogP contribution in [0.2, 0.25) is 0 Å². The topological polar surface area (TPSA) is 102 Å². The highest BCUT2D eigenvalue weighted by Crippen LogP contribution is 2.24. The van der Waals surface area contributed by atoms with Crippen LogP contribution in [0, 0.1) is 0 Å². The van der Waals surface area contributed by atoms with Crippen molar-refractivity contribution in [3.05, 3.63) is 29.3 Å². The van der Waals surface area contributed by atoms with Crippen LogP contribution in [-0.4, -0.2) is 57.0 Å². The molecular weight excluding hydrogens is 402 g/mol. The van der Waals surface area contributed by atoms with Gasteiger partial charge in [0.15, 0.2) is 0 Å². The maximum atomic E-state index is 13.1. The molecule has 1 heterocycles. The molecule has 1 aromatic rings. The van der Waals surface area contributed by atoms with Gasteiger partial charge in [-0.3, -0.25) is 4.79 Å². The molecule has 1 amide bonds. The Kier molecular flexibility index (Phi) is 8.27. The third kappa shape index (κ3) is 5.24. The molecule has 1 saturated carbocycles. The summed E-state index contributed by atoms with van der Waals surface area (Å²) in [6.07, 6.45) is 4.10. The van der Waals surface area contributed by atoms with Crippen molar-refractivity contribution in [3.63, 3.8) is 0 Å². The van der Waals surface area contributed by atoms with Crippen molar-refractivity contribution >= 4 is 28.3 Å². The summed E-state index contributed by atoms with van der Waals surface area (Å²) >= 11 is 0. The van der Waals surface area contributed by atoms with Crippen LogP contribution in [0.15, 0.2) is 23.1 Å². The monoisotopic (exact) mass is 431 g/mol. The average Bonchev–Trinajstić information content (AvgIpc) is 2.69. The highest BCUT2D eigenvalue weighted by molar-refractivity contribution is 7.89. The average molecular weight is 432 g/mol. The van der Waals surface area contributed by atoms with Crippen molar-refractivity contribution in [1.29, 1.82) is 0 Å². The van der Waals surface area contributed by atoms with Gasteiger partial charge in [-0.25, -0.2) is 8.42 Å². The van der Waals surface area contributed by atoms with Crippen LogP contribution in [0.4, 0.5) is 0 Å². The number of morpholine rings is 1. The van der Waals surface area contributed by atoms with Gasteiger partial charge in [-0.2, -0.15) is 4.31 Å². The first-order valence-corrected chi connectivity index (χ1v) is 11.1. The molecule has 0 bridgehead atoms. The number of nitrogens with zero attached hydrogens (tertiary/aromatic N) is 1. The summed E-state index contributed by atoms with van der Waals surface area (Å²) < 4.78 is 32.9. The summed E-state index contributed by atoms with van der Waals surface area (Å²) in [5.74, 6) is -0.225. The number of hydrogen-bond acceptors (Lipinski definition) is 5. The van der Waals surface area contributed by atoms with E-state index in [0.29, 0.717) is 38.3 Å². The van der Waals surface area contributed by atoms with Crippen molar-refractivity contribution in [3.8, 4) is 0 Å². The highest BCUT2D eigenvalue weighted by Gasteiger charge is 2.29. The third-order valence-corrected chi connectivity index (χ3v) is 7.39. The van der Waals surface area contributed by atoms with E-state index in [4.69, 9.17) is 10.5 Å². The second kappa shape index (κ2) is 10.0. The van der Waals surface area contributed by atoms with Crippen molar-refractivity contribution in [2.45, 2.75) is 56.0 Å². The molecule has 0 spiro atoms. The first-order chi connectivity index (χ1) is 12.9. The number of rotatable bonds is 5. The van der Waals surface area contributed by atoms with Crippen molar-refractivity contribution < 1.29 is 17.9 Å². The molecule has 7 nitrogen and oxygen atoms in total. The fraction of sp³-hybridized carbons (Fsp3) is 0.632. The Labute approximate surface area is 173 Å². The van der Waals surface area contributed by atoms with Gasteiger partial charge in [-0.1, -0.05) is 13.0 Å². The minimum absolute atomic E-state index is 0. The summed E-state index contributed by atoms with van der Waals surface area (Å²) in [5, 5.41) is 3.03. The molecule has 0 radical (unpaired) electrons. The first-order valence-electron chi connectivity index (χ1n) is 9.69. The van der Waals surface area contributed by atoms with Gasteiger partial charge >= 0.3 is 0 Å². The van der Waals surface area contributed by atoms with Crippen LogP contribution in [0.25, 0.3) is 0 Å². The summed E-state index contributed by atoms with van der Waals surface area (Å²) in [6.45, 7) is 3.38. The lowest BCUT2D eigenvalue weighted by molar-refractivity contribution is 0.0730. The molecule has 1 aliphatic heterocycles. The predicted molar refractivity (Wildman–Crippen MR) is 110 cm³/mol. The Morgan fingerprint density at radius 1 is 1.21 bits per heavy atom. The zero-order valence-electron chi connectivity index (χ0n) is 16.2. The number of halogens is 1. The molecule has 0 atom stereocenters. The van der Waals surface area contributed by atoms with Gasteiger partial charge in [0, 0.05) is 30.7 Å². The van der Waals surface area contributed by atoms with E-state index in [1.54, 1.807) is 12.1 Å². The smallest absolute Gasteiger partial charge is 0.251 e. The normalized spacial score (nSPS) is 23.6. The molecule has 0 unspecified atom stereocenters. The Hall–Kier alpha value is -1.19. The van der Waals surface area contributed by atoms with Gasteiger partial charge in [0.2, 0.25) is 10.0 Å². The number of aryl methyl sites for hydroxylation is 1. The number of nitrogens with one attached hydrogen (secondary N) is 1. The fourth-order valence-corrected chi connectivity index (χ4v) is 5.41. The van der Waals surface area contributed by atoms with Crippen LogP contribution >= 0.6 is 12.4 Å². The second-order valence-corrected chi connectivity index (χ2v) is 9.18. The maximum absolute atomic E-state index is 13.1. The Bertz CT molecular complexity index is 773. The summed E-state index contributed by atoms with van der Waals surface area (Å²) in [4.78, 5) is 12.9. The van der Waals surface area contributed by atoms with E-state index in [0.717, 1.165) is 31.2 Å². The molecule has 3 N–H and O–H groups in total. The number of sulfonamides is 1. The number of amides is 1. The maximum Gasteiger partial charge on any atom is 0.251 e. The van der Waals surface area contributed by atoms with Crippen LogP contribution < -0.4 is 11.1 Å². The van der Waals surface area contributed by atoms with E-state index in [1.165, 1.54) is 10.4 Å². The number of carbonyl (C=O) groups excluding carboxylic acids is 1. The standard InChI is InChI=1S/C19H29N3O4S.ClH/c1-2-14-3-4-15(19(23)21-17-7-5-16(20)6-8-17)13-18(14)27(24,25)22-9-11-26-12-10-22;/h3-4,13,16-17H,2,5-12,20H2,1H3,(H,21,23);1H. The number of benzene rings is 1. The molecule has 28 heavy (non-hydrogen) atoms. The Morgan fingerprint density at radius 2 is 1.86 bits per heavy atom. The van der Waals surface area contributed by atoms with E-state index >= 15 is 0 Å². The largest absolute Gasteiger partial charge is 0.379 e. The molecule has 158 valence electrons. The molecular formula is C19H30ClN3O4S. The molecule has 2 aliphatic rings. The number of ether oxygens (including phenoxy) is 1. The minimum Gasteiger partial charge on any atom is -0.379 e. The van der Waals surface area contributed by atoms with E-state index in [2.05, 4.69) is 5.32 Å². The SMILES string of the molecule is CCc1ccc(C(=O)NC2CCC(N)CC2)cc1S(=O)(=O)N1CCOCC1.Cl. The van der Waals surface area contributed by atoms with Gasteiger partial charge in [0.1, 0.15) is 0 Å². The van der Waals surface area contributed by atoms with Gasteiger partial charge in [0.05, 0.1) is 18.1 Å². The van der Waals surface area contributed by atoms with Gasteiger partial charge in [-0.15, -0.1) is 12.4 Å². The zero-order valence-corrected chi connectivity index (χ0v) is 17.9. The highest BCUT2D eigenvalue weighted by atomic mass is 35.5. The number of hydrogen-bond donors (Lipinski definition) is 2. The predicted octanol–water partition coefficient (Wildman–Crippen LogP) is 1.69. The van der Waals surface area contributed by atoms with Crippen LogP contribution in [-0.2, 0) is 21.2 Å². The van der Waals surface area contributed by atoms with Crippen LogP contribution in [0.5, 0.6) is 0 Å². The lowest BCUT2D eigenvalue weighted by Gasteiger charge is -2.28. The third-order valence-electron chi connectivity index (χ3n) is 5.41. The Morgan fingerprint density at radius 3 is 2.46 bits per heavy atom. The molecule has 9 heteroatoms. The molecule has 2 fully saturated rings. The first kappa shape index (κ1) is 23.1. The van der Waals surface area contributed by atoms with Gasteiger partial charge < -0.3 is 15.8 Å². The lowest BCUT2D eigenvalue weighted by atomic mass is 9.91. The van der Waals surface area contributed by atoms with Crippen LogP contribution in [0.3, 0.4) is 0 Å². The summed E-state index contributed by atoms with van der Waals surface area (Å²) in [5.41, 5.74) is 7.02. The second-order valence-electron chi connectivity index (χ2n) is 7.28. The number of nitrogens with two attached hydrogens (primary N) is 1. The molecule has 1 saturated heterocycles. The van der Waals surface area contributed by atoms with E-state index in [-0.39, 0.29) is 35.3 Å². The number of carbonyl (C=O) groups is 1. The van der Waals surface area contributed by atoms with E-state index in [9.17, 15) is 13.2 Å².